The third-order valence-corrected chi connectivity index (χ3v) is 4.74. The molecule has 4 aromatic rings. The Hall–Kier alpha value is -3.79. The molecular weight excluding hydrogens is 384 g/mol. The Balaban J connectivity index is 1.53. The molecule has 0 aliphatic rings. The van der Waals surface area contributed by atoms with Gasteiger partial charge in [-0.3, -0.25) is 19.5 Å². The highest BCUT2D eigenvalue weighted by molar-refractivity contribution is 7.14. The van der Waals surface area contributed by atoms with Gasteiger partial charge in [0.2, 0.25) is 5.91 Å². The minimum Gasteiger partial charge on any atom is -0.407 e. The summed E-state index contributed by atoms with van der Waals surface area (Å²) >= 11 is 1.27. The molecule has 0 aliphatic heterocycles. The molecule has 0 radical (unpaired) electrons. The second-order valence-corrected chi connectivity index (χ2v) is 6.67. The number of nitrogens with zero attached hydrogens (tertiary/aromatic N) is 3. The van der Waals surface area contributed by atoms with E-state index in [4.69, 9.17) is 4.42 Å². The molecule has 140 valence electrons. The number of nitro groups is 1. The summed E-state index contributed by atoms with van der Waals surface area (Å²) in [6.07, 6.45) is 0. The SMILES string of the molecule is O=C(Cn1c(=O)oc2cc([N+](=O)[O-])ccc21)Nc1nc(-c2ccccc2)cs1. The summed E-state index contributed by atoms with van der Waals surface area (Å²) in [7, 11) is 0. The summed E-state index contributed by atoms with van der Waals surface area (Å²) in [6, 6.07) is 13.3. The average molecular weight is 396 g/mol. The second kappa shape index (κ2) is 7.08. The van der Waals surface area contributed by atoms with Gasteiger partial charge in [0.15, 0.2) is 10.7 Å². The van der Waals surface area contributed by atoms with Gasteiger partial charge in [-0.15, -0.1) is 11.3 Å². The van der Waals surface area contributed by atoms with Crippen molar-refractivity contribution in [2.75, 3.05) is 5.32 Å². The van der Waals surface area contributed by atoms with Crippen LogP contribution < -0.4 is 11.1 Å². The molecule has 4 rings (SSSR count). The van der Waals surface area contributed by atoms with Crippen LogP contribution in [-0.4, -0.2) is 20.4 Å². The topological polar surface area (TPSA) is 120 Å². The van der Waals surface area contributed by atoms with Crippen LogP contribution in [0.25, 0.3) is 22.4 Å². The van der Waals surface area contributed by atoms with Crippen LogP contribution in [0.15, 0.2) is 63.1 Å². The molecule has 9 nitrogen and oxygen atoms in total. The smallest absolute Gasteiger partial charge is 0.407 e. The number of hydrogen-bond donors (Lipinski definition) is 1. The molecule has 0 fully saturated rings. The van der Waals surface area contributed by atoms with E-state index in [-0.39, 0.29) is 17.8 Å². The second-order valence-electron chi connectivity index (χ2n) is 5.82. The first-order valence-electron chi connectivity index (χ1n) is 8.10. The van der Waals surface area contributed by atoms with Crippen molar-refractivity contribution in [2.24, 2.45) is 0 Å². The van der Waals surface area contributed by atoms with Crippen molar-refractivity contribution in [1.82, 2.24) is 9.55 Å². The van der Waals surface area contributed by atoms with Crippen molar-refractivity contribution >= 4 is 39.2 Å². The number of aromatic nitrogens is 2. The average Bonchev–Trinajstić information content (AvgIpc) is 3.26. The monoisotopic (exact) mass is 396 g/mol. The molecule has 28 heavy (non-hydrogen) atoms. The van der Waals surface area contributed by atoms with Crippen molar-refractivity contribution in [3.05, 3.63) is 74.6 Å². The van der Waals surface area contributed by atoms with Crippen LogP contribution >= 0.6 is 11.3 Å². The Labute approximate surface area is 161 Å². The van der Waals surface area contributed by atoms with Crippen molar-refractivity contribution < 1.29 is 14.1 Å². The van der Waals surface area contributed by atoms with Gasteiger partial charge >= 0.3 is 5.76 Å². The number of hydrogen-bond acceptors (Lipinski definition) is 7. The lowest BCUT2D eigenvalue weighted by Crippen LogP contribution is -2.24. The number of amides is 1. The lowest BCUT2D eigenvalue weighted by Gasteiger charge is -2.02. The van der Waals surface area contributed by atoms with E-state index in [1.165, 1.54) is 23.5 Å². The van der Waals surface area contributed by atoms with Gasteiger partial charge in [-0.05, 0) is 6.07 Å². The Morgan fingerprint density at radius 1 is 1.25 bits per heavy atom. The quantitative estimate of drug-likeness (QED) is 0.408. The molecule has 0 saturated heterocycles. The summed E-state index contributed by atoms with van der Waals surface area (Å²) in [5, 5.41) is 15.7. The lowest BCUT2D eigenvalue weighted by molar-refractivity contribution is -0.384. The fourth-order valence-corrected chi connectivity index (χ4v) is 3.43. The number of benzene rings is 2. The Morgan fingerprint density at radius 3 is 2.79 bits per heavy atom. The number of oxazole rings is 1. The molecule has 0 aliphatic carbocycles. The lowest BCUT2D eigenvalue weighted by atomic mass is 10.2. The predicted octanol–water partition coefficient (Wildman–Crippen LogP) is 3.26. The molecular formula is C18H12N4O5S. The van der Waals surface area contributed by atoms with Crippen molar-refractivity contribution in [3.63, 3.8) is 0 Å². The van der Waals surface area contributed by atoms with Gasteiger partial charge in [0, 0.05) is 17.0 Å². The summed E-state index contributed by atoms with van der Waals surface area (Å²) in [5.74, 6) is -1.23. The standard InChI is InChI=1S/C18H12N4O5S/c23-16(20-17-19-13(10-28-17)11-4-2-1-3-5-11)9-21-14-7-6-12(22(25)26)8-15(14)27-18(21)24/h1-8,10H,9H2,(H,19,20,23). The highest BCUT2D eigenvalue weighted by atomic mass is 32.1. The zero-order valence-electron chi connectivity index (χ0n) is 14.2. The molecule has 2 aromatic heterocycles. The fourth-order valence-electron chi connectivity index (χ4n) is 2.69. The highest BCUT2D eigenvalue weighted by Gasteiger charge is 2.17. The van der Waals surface area contributed by atoms with E-state index in [0.29, 0.717) is 10.6 Å². The van der Waals surface area contributed by atoms with E-state index in [1.807, 2.05) is 35.7 Å². The number of carbonyl (C=O) groups is 1. The van der Waals surface area contributed by atoms with E-state index >= 15 is 0 Å². The van der Waals surface area contributed by atoms with Gasteiger partial charge in [-0.2, -0.15) is 0 Å². The minimum atomic E-state index is -0.769. The Morgan fingerprint density at radius 2 is 2.04 bits per heavy atom. The summed E-state index contributed by atoms with van der Waals surface area (Å²) in [4.78, 5) is 39.0. The number of anilines is 1. The maximum Gasteiger partial charge on any atom is 0.420 e. The van der Waals surface area contributed by atoms with Crippen LogP contribution in [-0.2, 0) is 11.3 Å². The summed E-state index contributed by atoms with van der Waals surface area (Å²) < 4.78 is 6.12. The third-order valence-electron chi connectivity index (χ3n) is 3.98. The number of fused-ring (bicyclic) bond motifs is 1. The van der Waals surface area contributed by atoms with E-state index < -0.39 is 16.6 Å². The number of nitro benzene ring substituents is 1. The largest absolute Gasteiger partial charge is 0.420 e. The van der Waals surface area contributed by atoms with Crippen molar-refractivity contribution in [2.45, 2.75) is 6.54 Å². The number of rotatable bonds is 5. The molecule has 0 unspecified atom stereocenters. The van der Waals surface area contributed by atoms with Crippen LogP contribution in [0.3, 0.4) is 0 Å². The zero-order chi connectivity index (χ0) is 19.7. The van der Waals surface area contributed by atoms with E-state index in [2.05, 4.69) is 10.3 Å². The number of nitrogens with one attached hydrogen (secondary N) is 1. The number of thiazole rings is 1. The fraction of sp³-hybridized carbons (Fsp3) is 0.0556. The molecule has 0 atom stereocenters. The van der Waals surface area contributed by atoms with Crippen molar-refractivity contribution in [3.8, 4) is 11.3 Å². The first kappa shape index (κ1) is 17.6. The summed E-state index contributed by atoms with van der Waals surface area (Å²) in [6.45, 7) is -0.302. The molecule has 0 bridgehead atoms. The first-order chi connectivity index (χ1) is 13.5. The molecule has 2 heterocycles. The zero-order valence-corrected chi connectivity index (χ0v) is 15.0. The number of carbonyl (C=O) groups excluding carboxylic acids is 1. The van der Waals surface area contributed by atoms with Gasteiger partial charge in [-0.1, -0.05) is 30.3 Å². The maximum atomic E-state index is 12.3. The summed E-state index contributed by atoms with van der Waals surface area (Å²) in [5.41, 5.74) is 1.81. The molecule has 0 saturated carbocycles. The first-order valence-corrected chi connectivity index (χ1v) is 8.98. The maximum absolute atomic E-state index is 12.3. The Bertz CT molecular complexity index is 1240. The normalized spacial score (nSPS) is 10.9. The third kappa shape index (κ3) is 3.40. The van der Waals surface area contributed by atoms with Crippen molar-refractivity contribution in [1.29, 1.82) is 0 Å². The molecule has 1 N–H and O–H groups in total. The van der Waals surface area contributed by atoms with E-state index in [1.54, 1.807) is 0 Å². The van der Waals surface area contributed by atoms with Gasteiger partial charge in [0.05, 0.1) is 22.2 Å². The van der Waals surface area contributed by atoms with Crippen LogP contribution in [0, 0.1) is 10.1 Å². The van der Waals surface area contributed by atoms with Crippen LogP contribution in [0.2, 0.25) is 0 Å². The minimum absolute atomic E-state index is 0.0487. The Kier molecular flexibility index (Phi) is 4.45. The molecule has 10 heteroatoms. The van der Waals surface area contributed by atoms with Crippen LogP contribution in [0.5, 0.6) is 0 Å². The van der Waals surface area contributed by atoms with Crippen LogP contribution in [0.1, 0.15) is 0 Å². The molecule has 0 spiro atoms. The number of non-ortho nitro benzene ring substituents is 1. The van der Waals surface area contributed by atoms with Gasteiger partial charge in [0.1, 0.15) is 6.54 Å². The van der Waals surface area contributed by atoms with Gasteiger partial charge in [0.25, 0.3) is 5.69 Å². The van der Waals surface area contributed by atoms with Gasteiger partial charge in [-0.25, -0.2) is 9.78 Å². The molecule has 2 aromatic carbocycles. The van der Waals surface area contributed by atoms with E-state index in [9.17, 15) is 19.7 Å². The highest BCUT2D eigenvalue weighted by Crippen LogP contribution is 2.25. The van der Waals surface area contributed by atoms with E-state index in [0.717, 1.165) is 21.9 Å². The molecule has 1 amide bonds. The predicted molar refractivity (Wildman–Crippen MR) is 103 cm³/mol. The van der Waals surface area contributed by atoms with Gasteiger partial charge < -0.3 is 9.73 Å². The van der Waals surface area contributed by atoms with Crippen LogP contribution in [0.4, 0.5) is 10.8 Å².